The molecule has 3 fully saturated rings. The largest absolute Gasteiger partial charge is 0.511 e. The third kappa shape index (κ3) is 1.86. The average Bonchev–Trinajstić information content (AvgIpc) is 2.86. The van der Waals surface area contributed by atoms with E-state index in [1.165, 1.54) is 6.08 Å². The van der Waals surface area contributed by atoms with Crippen molar-refractivity contribution in [1.29, 1.82) is 0 Å². The summed E-state index contributed by atoms with van der Waals surface area (Å²) in [6, 6.07) is 0. The number of aliphatic hydroxyl groups is 1. The molecule has 0 saturated heterocycles. The van der Waals surface area contributed by atoms with Crippen LogP contribution in [0.5, 0.6) is 0 Å². The normalized spacial score (nSPS) is 47.2. The molecule has 0 aliphatic heterocycles. The number of aliphatic carboxylic acids is 1. The van der Waals surface area contributed by atoms with Crippen LogP contribution in [0.1, 0.15) is 52.4 Å². The first-order valence-electron chi connectivity index (χ1n) is 9.17. The first-order chi connectivity index (χ1) is 11.3. The molecule has 2 N–H and O–H groups in total. The van der Waals surface area contributed by atoms with E-state index in [1.54, 1.807) is 6.08 Å². The van der Waals surface area contributed by atoms with Crippen LogP contribution in [0.2, 0.25) is 0 Å². The molecule has 0 aromatic heterocycles. The highest BCUT2D eigenvalue weighted by Crippen LogP contribution is 2.66. The molecular weight excluding hydrogens is 304 g/mol. The van der Waals surface area contributed by atoms with Crippen molar-refractivity contribution < 1.29 is 19.8 Å². The van der Waals surface area contributed by atoms with E-state index < -0.39 is 11.4 Å². The molecular formula is C20H26O4. The van der Waals surface area contributed by atoms with Gasteiger partial charge < -0.3 is 10.2 Å². The van der Waals surface area contributed by atoms with Gasteiger partial charge in [0.2, 0.25) is 0 Å². The molecule has 0 unspecified atom stereocenters. The number of aliphatic hydroxyl groups excluding tert-OH is 1. The van der Waals surface area contributed by atoms with Gasteiger partial charge in [-0.3, -0.25) is 9.59 Å². The van der Waals surface area contributed by atoms with Crippen LogP contribution >= 0.6 is 0 Å². The number of allylic oxidation sites excluding steroid dienone is 3. The predicted octanol–water partition coefficient (Wildman–Crippen LogP) is 3.88. The number of fused-ring (bicyclic) bond motifs is 5. The van der Waals surface area contributed by atoms with Gasteiger partial charge in [0.15, 0.2) is 5.78 Å². The smallest absolute Gasteiger partial charge is 0.307 e. The van der Waals surface area contributed by atoms with E-state index in [0.717, 1.165) is 44.1 Å². The van der Waals surface area contributed by atoms with Crippen molar-refractivity contribution in [1.82, 2.24) is 0 Å². The van der Waals surface area contributed by atoms with Crippen molar-refractivity contribution in [2.24, 2.45) is 34.5 Å². The monoisotopic (exact) mass is 330 g/mol. The maximum absolute atomic E-state index is 11.8. The zero-order valence-corrected chi connectivity index (χ0v) is 14.4. The van der Waals surface area contributed by atoms with Gasteiger partial charge in [-0.25, -0.2) is 0 Å². The van der Waals surface area contributed by atoms with Crippen molar-refractivity contribution in [3.8, 4) is 0 Å². The Hall–Kier alpha value is -1.58. The number of ketones is 1. The Kier molecular flexibility index (Phi) is 3.29. The third-order valence-electron chi connectivity index (χ3n) is 8.02. The summed E-state index contributed by atoms with van der Waals surface area (Å²) in [6.07, 6.45) is 8.55. The standard InChI is InChI=1S/C20H26O4/c1-19-8-7-15-13(14(19)5-6-16(19)18(23)24)4-3-11-9-12(21)10-17(22)20(11,15)2/h9-10,13-16,22H,3-8H2,1-2H3,(H,23,24)/t13-,14-,15-,16+,19-,20-/m0/s1. The molecule has 4 aliphatic carbocycles. The second kappa shape index (κ2) is 4.96. The molecule has 4 heteroatoms. The fourth-order valence-corrected chi connectivity index (χ4v) is 6.71. The minimum Gasteiger partial charge on any atom is -0.511 e. The molecule has 130 valence electrons. The topological polar surface area (TPSA) is 74.6 Å². The maximum atomic E-state index is 11.8. The molecule has 4 nitrogen and oxygen atoms in total. The van der Waals surface area contributed by atoms with Crippen LogP contribution in [0.3, 0.4) is 0 Å². The summed E-state index contributed by atoms with van der Waals surface area (Å²) in [5.41, 5.74) is 0.526. The minimum atomic E-state index is -0.646. The first-order valence-corrected chi connectivity index (χ1v) is 9.17. The van der Waals surface area contributed by atoms with E-state index in [4.69, 9.17) is 0 Å². The molecule has 3 saturated carbocycles. The summed E-state index contributed by atoms with van der Waals surface area (Å²) < 4.78 is 0. The van der Waals surface area contributed by atoms with Crippen molar-refractivity contribution in [2.45, 2.75) is 52.4 Å². The molecule has 4 rings (SSSR count). The molecule has 0 aromatic rings. The van der Waals surface area contributed by atoms with Crippen molar-refractivity contribution in [3.63, 3.8) is 0 Å². The SMILES string of the molecule is C[C@]12C(O)=CC(=O)C=C1CC[C@@H]1[C@@H]2CC[C@]2(C)[C@@H](C(=O)O)CC[C@@H]12. The van der Waals surface area contributed by atoms with Crippen LogP contribution in [-0.2, 0) is 9.59 Å². The Labute approximate surface area is 142 Å². The number of carbonyl (C=O) groups is 2. The lowest BCUT2D eigenvalue weighted by atomic mass is 9.47. The molecule has 0 radical (unpaired) electrons. The molecule has 0 amide bonds. The zero-order valence-electron chi connectivity index (χ0n) is 14.4. The Balaban J connectivity index is 1.71. The summed E-state index contributed by atoms with van der Waals surface area (Å²) >= 11 is 0. The number of carboxylic acid groups (broad SMARTS) is 1. The fourth-order valence-electron chi connectivity index (χ4n) is 6.71. The number of carboxylic acids is 1. The van der Waals surface area contributed by atoms with E-state index in [0.29, 0.717) is 17.8 Å². The lowest BCUT2D eigenvalue weighted by Gasteiger charge is -2.57. The number of hydrogen-bond donors (Lipinski definition) is 2. The van der Waals surface area contributed by atoms with Gasteiger partial charge in [0.05, 0.1) is 5.92 Å². The van der Waals surface area contributed by atoms with Crippen LogP contribution < -0.4 is 0 Å². The van der Waals surface area contributed by atoms with Crippen molar-refractivity contribution in [2.75, 3.05) is 0 Å². The molecule has 0 spiro atoms. The summed E-state index contributed by atoms with van der Waals surface area (Å²) in [5, 5.41) is 20.3. The van der Waals surface area contributed by atoms with Gasteiger partial charge in [0.1, 0.15) is 5.76 Å². The highest BCUT2D eigenvalue weighted by Gasteiger charge is 2.61. The predicted molar refractivity (Wildman–Crippen MR) is 89.3 cm³/mol. The Morgan fingerprint density at radius 3 is 2.58 bits per heavy atom. The van der Waals surface area contributed by atoms with E-state index in [9.17, 15) is 19.8 Å². The molecule has 4 aliphatic rings. The van der Waals surface area contributed by atoms with Gasteiger partial charge in [0.25, 0.3) is 0 Å². The quantitative estimate of drug-likeness (QED) is 0.765. The lowest BCUT2D eigenvalue weighted by molar-refractivity contribution is -0.149. The van der Waals surface area contributed by atoms with Crippen LogP contribution in [0, 0.1) is 34.5 Å². The summed E-state index contributed by atoms with van der Waals surface area (Å²) in [5.74, 6) is 0.409. The van der Waals surface area contributed by atoms with Gasteiger partial charge in [-0.05, 0) is 74.7 Å². The number of carbonyl (C=O) groups excluding carboxylic acids is 1. The Morgan fingerprint density at radius 2 is 1.88 bits per heavy atom. The maximum Gasteiger partial charge on any atom is 0.307 e. The van der Waals surface area contributed by atoms with Gasteiger partial charge in [-0.1, -0.05) is 12.5 Å². The molecule has 6 atom stereocenters. The van der Waals surface area contributed by atoms with Gasteiger partial charge in [-0.2, -0.15) is 0 Å². The van der Waals surface area contributed by atoms with Gasteiger partial charge >= 0.3 is 5.97 Å². The summed E-state index contributed by atoms with van der Waals surface area (Å²) in [6.45, 7) is 4.26. The fraction of sp³-hybridized carbons (Fsp3) is 0.700. The van der Waals surface area contributed by atoms with E-state index in [1.807, 2.05) is 0 Å². The highest BCUT2D eigenvalue weighted by molar-refractivity contribution is 6.01. The summed E-state index contributed by atoms with van der Waals surface area (Å²) in [7, 11) is 0. The number of hydrogen-bond acceptors (Lipinski definition) is 3. The summed E-state index contributed by atoms with van der Waals surface area (Å²) in [4.78, 5) is 23.5. The van der Waals surface area contributed by atoms with E-state index >= 15 is 0 Å². The second-order valence-corrected chi connectivity index (χ2v) is 8.73. The first kappa shape index (κ1) is 15.9. The second-order valence-electron chi connectivity index (χ2n) is 8.73. The Bertz CT molecular complexity index is 675. The van der Waals surface area contributed by atoms with Crippen LogP contribution in [0.15, 0.2) is 23.5 Å². The molecule has 0 heterocycles. The number of rotatable bonds is 1. The van der Waals surface area contributed by atoms with Crippen molar-refractivity contribution >= 4 is 11.8 Å². The highest BCUT2D eigenvalue weighted by atomic mass is 16.4. The van der Waals surface area contributed by atoms with Crippen LogP contribution in [0.4, 0.5) is 0 Å². The van der Waals surface area contributed by atoms with Crippen molar-refractivity contribution in [3.05, 3.63) is 23.5 Å². The lowest BCUT2D eigenvalue weighted by Crippen LogP contribution is -2.51. The van der Waals surface area contributed by atoms with E-state index in [2.05, 4.69) is 13.8 Å². The Morgan fingerprint density at radius 1 is 1.12 bits per heavy atom. The van der Waals surface area contributed by atoms with E-state index in [-0.39, 0.29) is 22.9 Å². The van der Waals surface area contributed by atoms with Gasteiger partial charge in [0, 0.05) is 11.5 Å². The molecule has 0 aromatic carbocycles. The van der Waals surface area contributed by atoms with Gasteiger partial charge in [-0.15, -0.1) is 0 Å². The zero-order chi connectivity index (χ0) is 17.3. The minimum absolute atomic E-state index is 0.106. The van der Waals surface area contributed by atoms with Crippen LogP contribution in [-0.4, -0.2) is 22.0 Å². The molecule has 0 bridgehead atoms. The average molecular weight is 330 g/mol. The molecule has 24 heavy (non-hydrogen) atoms. The van der Waals surface area contributed by atoms with Crippen LogP contribution in [0.25, 0.3) is 0 Å². The third-order valence-corrected chi connectivity index (χ3v) is 8.02.